The van der Waals surface area contributed by atoms with E-state index < -0.39 is 17.5 Å². The smallest absolute Gasteiger partial charge is 0.341 e. The molecule has 0 bridgehead atoms. The van der Waals surface area contributed by atoms with Gasteiger partial charge >= 0.3 is 11.7 Å². The molecule has 0 amide bonds. The minimum Gasteiger partial charge on any atom is -0.493 e. The van der Waals surface area contributed by atoms with Gasteiger partial charge in [-0.25, -0.2) is 4.79 Å². The molecule has 1 heterocycles. The second-order valence-corrected chi connectivity index (χ2v) is 4.63. The predicted molar refractivity (Wildman–Crippen MR) is 82.9 cm³/mol. The maximum Gasteiger partial charge on any atom is 0.341 e. The van der Waals surface area contributed by atoms with Crippen LogP contribution in [0, 0.1) is 17.0 Å². The first-order valence-electron chi connectivity index (χ1n) is 6.74. The van der Waals surface area contributed by atoms with E-state index >= 15 is 0 Å². The second kappa shape index (κ2) is 7.27. The number of ether oxygens (including phenoxy) is 2. The number of methoxy groups -OCH3 is 1. The molecular weight excluding hydrogens is 320 g/mol. The molecule has 0 atom stereocenters. The fourth-order valence-electron chi connectivity index (χ4n) is 1.99. The molecule has 0 unspecified atom stereocenters. The molecule has 0 aliphatic heterocycles. The lowest BCUT2D eigenvalue weighted by Gasteiger charge is -2.11. The molecule has 9 heteroatoms. The highest BCUT2D eigenvalue weighted by atomic mass is 16.6. The molecule has 0 spiro atoms. The van der Waals surface area contributed by atoms with E-state index in [1.54, 1.807) is 18.2 Å². The van der Waals surface area contributed by atoms with Gasteiger partial charge in [0.05, 0.1) is 12.0 Å². The van der Waals surface area contributed by atoms with Gasteiger partial charge in [-0.15, -0.1) is 0 Å². The highest BCUT2D eigenvalue weighted by Crippen LogP contribution is 2.33. The topological polar surface area (TPSA) is 125 Å². The number of carboxylic acids is 1. The number of benzene rings is 1. The van der Waals surface area contributed by atoms with Gasteiger partial charge in [-0.05, 0) is 25.1 Å². The SMILES string of the molecule is COc1cccc(/C=C/c2onc(C)c2[N+](=O)[O-])c1OCC(=O)O. The predicted octanol–water partition coefficient (Wildman–Crippen LogP) is 2.53. The highest BCUT2D eigenvalue weighted by molar-refractivity contribution is 5.76. The number of rotatable bonds is 7. The number of hydrogen-bond donors (Lipinski definition) is 1. The fourth-order valence-corrected chi connectivity index (χ4v) is 1.99. The third-order valence-electron chi connectivity index (χ3n) is 3.02. The number of aliphatic carboxylic acids is 1. The lowest BCUT2D eigenvalue weighted by Crippen LogP contribution is -2.10. The first-order chi connectivity index (χ1) is 11.4. The van der Waals surface area contributed by atoms with Crippen LogP contribution in [0.5, 0.6) is 11.5 Å². The van der Waals surface area contributed by atoms with Crippen LogP contribution in [0.25, 0.3) is 12.2 Å². The molecule has 0 aliphatic carbocycles. The van der Waals surface area contributed by atoms with Crippen molar-refractivity contribution in [3.8, 4) is 11.5 Å². The van der Waals surface area contributed by atoms with Crippen molar-refractivity contribution in [1.29, 1.82) is 0 Å². The molecule has 0 saturated heterocycles. The molecule has 1 aromatic heterocycles. The van der Waals surface area contributed by atoms with Crippen LogP contribution in [0.1, 0.15) is 17.0 Å². The van der Waals surface area contributed by atoms with E-state index in [0.29, 0.717) is 11.3 Å². The van der Waals surface area contributed by atoms with Crippen molar-refractivity contribution >= 4 is 23.8 Å². The van der Waals surface area contributed by atoms with Gasteiger partial charge in [-0.1, -0.05) is 17.3 Å². The third-order valence-corrected chi connectivity index (χ3v) is 3.02. The number of aryl methyl sites for hydroxylation is 1. The van der Waals surface area contributed by atoms with E-state index in [1.807, 2.05) is 0 Å². The van der Waals surface area contributed by atoms with Crippen molar-refractivity contribution in [2.45, 2.75) is 6.92 Å². The number of carbonyl (C=O) groups is 1. The van der Waals surface area contributed by atoms with Crippen LogP contribution >= 0.6 is 0 Å². The Labute approximate surface area is 136 Å². The van der Waals surface area contributed by atoms with Gasteiger partial charge in [0.2, 0.25) is 5.76 Å². The maximum absolute atomic E-state index is 11.0. The fraction of sp³-hybridized carbons (Fsp3) is 0.200. The molecule has 2 rings (SSSR count). The van der Waals surface area contributed by atoms with Crippen molar-refractivity contribution in [3.05, 3.63) is 45.3 Å². The van der Waals surface area contributed by atoms with Crippen LogP contribution < -0.4 is 9.47 Å². The monoisotopic (exact) mass is 334 g/mol. The van der Waals surface area contributed by atoms with Gasteiger partial charge in [0.25, 0.3) is 0 Å². The number of nitrogens with zero attached hydrogens (tertiary/aromatic N) is 2. The summed E-state index contributed by atoms with van der Waals surface area (Å²) < 4.78 is 15.3. The zero-order valence-electron chi connectivity index (χ0n) is 12.9. The summed E-state index contributed by atoms with van der Waals surface area (Å²) in [4.78, 5) is 21.1. The molecule has 9 nitrogen and oxygen atoms in total. The maximum atomic E-state index is 11.0. The Kier molecular flexibility index (Phi) is 5.15. The summed E-state index contributed by atoms with van der Waals surface area (Å²) >= 11 is 0. The van der Waals surface area contributed by atoms with Crippen LogP contribution in [0.2, 0.25) is 0 Å². The molecule has 0 saturated carbocycles. The Balaban J connectivity index is 2.38. The van der Waals surface area contributed by atoms with Crippen molar-refractivity contribution in [3.63, 3.8) is 0 Å². The van der Waals surface area contributed by atoms with Crippen LogP contribution in [-0.4, -0.2) is 34.9 Å². The van der Waals surface area contributed by atoms with E-state index in [4.69, 9.17) is 19.1 Å². The normalized spacial score (nSPS) is 10.8. The van der Waals surface area contributed by atoms with Gasteiger partial charge in [0.1, 0.15) is 0 Å². The standard InChI is InChI=1S/C15H14N2O7/c1-9-14(17(20)21)11(24-16-9)7-6-10-4-3-5-12(22-2)15(10)23-8-13(18)19/h3-7H,8H2,1-2H3,(H,18,19)/b7-6+. The molecule has 1 aromatic carbocycles. The Morgan fingerprint density at radius 1 is 1.46 bits per heavy atom. The first kappa shape index (κ1) is 17.0. The zero-order valence-corrected chi connectivity index (χ0v) is 12.9. The van der Waals surface area contributed by atoms with Crippen molar-refractivity contribution in [2.24, 2.45) is 0 Å². The van der Waals surface area contributed by atoms with E-state index in [-0.39, 0.29) is 22.9 Å². The lowest BCUT2D eigenvalue weighted by molar-refractivity contribution is -0.386. The highest BCUT2D eigenvalue weighted by Gasteiger charge is 2.22. The third kappa shape index (κ3) is 3.69. The average Bonchev–Trinajstić information content (AvgIpc) is 2.91. The summed E-state index contributed by atoms with van der Waals surface area (Å²) in [6.07, 6.45) is 2.85. The molecule has 126 valence electrons. The van der Waals surface area contributed by atoms with Crippen LogP contribution in [0.3, 0.4) is 0 Å². The van der Waals surface area contributed by atoms with Crippen molar-refractivity contribution in [1.82, 2.24) is 5.16 Å². The summed E-state index contributed by atoms with van der Waals surface area (Å²) in [6, 6.07) is 4.92. The molecule has 0 aliphatic rings. The van der Waals surface area contributed by atoms with Crippen LogP contribution in [0.4, 0.5) is 5.69 Å². The number of aromatic nitrogens is 1. The minimum atomic E-state index is -1.14. The van der Waals surface area contributed by atoms with E-state index in [0.717, 1.165) is 0 Å². The van der Waals surface area contributed by atoms with Crippen LogP contribution in [-0.2, 0) is 4.79 Å². The Bertz CT molecular complexity index is 795. The number of nitro groups is 1. The Morgan fingerprint density at radius 3 is 2.83 bits per heavy atom. The van der Waals surface area contributed by atoms with Gasteiger partial charge in [0.15, 0.2) is 23.8 Å². The largest absolute Gasteiger partial charge is 0.493 e. The van der Waals surface area contributed by atoms with E-state index in [1.165, 1.54) is 26.2 Å². The lowest BCUT2D eigenvalue weighted by atomic mass is 10.1. The average molecular weight is 334 g/mol. The number of hydrogen-bond acceptors (Lipinski definition) is 7. The summed E-state index contributed by atoms with van der Waals surface area (Å²) in [5.41, 5.74) is 0.397. The molecule has 24 heavy (non-hydrogen) atoms. The summed E-state index contributed by atoms with van der Waals surface area (Å²) in [6.45, 7) is 0.911. The first-order valence-corrected chi connectivity index (χ1v) is 6.74. The van der Waals surface area contributed by atoms with Crippen molar-refractivity contribution < 1.29 is 28.8 Å². The van der Waals surface area contributed by atoms with Gasteiger partial charge in [-0.3, -0.25) is 10.1 Å². The van der Waals surface area contributed by atoms with E-state index in [2.05, 4.69) is 5.16 Å². The zero-order chi connectivity index (χ0) is 17.7. The quantitative estimate of drug-likeness (QED) is 0.605. The summed E-state index contributed by atoms with van der Waals surface area (Å²) in [5, 5.41) is 23.3. The molecular formula is C15H14N2O7. The summed E-state index contributed by atoms with van der Waals surface area (Å²) in [5.74, 6) is -0.624. The van der Waals surface area contributed by atoms with Gasteiger partial charge in [0, 0.05) is 5.56 Å². The van der Waals surface area contributed by atoms with Crippen LogP contribution in [0.15, 0.2) is 22.7 Å². The Morgan fingerprint density at radius 2 is 2.21 bits per heavy atom. The molecule has 2 aromatic rings. The van der Waals surface area contributed by atoms with E-state index in [9.17, 15) is 14.9 Å². The van der Waals surface area contributed by atoms with Crippen molar-refractivity contribution in [2.75, 3.05) is 13.7 Å². The molecule has 1 N–H and O–H groups in total. The Hall–Kier alpha value is -3.36. The second-order valence-electron chi connectivity index (χ2n) is 4.63. The van der Waals surface area contributed by atoms with Gasteiger partial charge in [-0.2, -0.15) is 0 Å². The number of para-hydroxylation sites is 1. The van der Waals surface area contributed by atoms with Gasteiger partial charge < -0.3 is 19.1 Å². The molecule has 0 fully saturated rings. The summed E-state index contributed by atoms with van der Waals surface area (Å²) in [7, 11) is 1.42. The number of carboxylic acid groups (broad SMARTS) is 1. The minimum absolute atomic E-state index is 0.0236. The molecule has 0 radical (unpaired) electrons.